The van der Waals surface area contributed by atoms with E-state index < -0.39 is 0 Å². The average molecular weight is 370 g/mol. The van der Waals surface area contributed by atoms with Gasteiger partial charge in [0.2, 0.25) is 12.2 Å². The Balaban J connectivity index is 0.000000175. The van der Waals surface area contributed by atoms with Gasteiger partial charge in [-0.1, -0.05) is 16.8 Å². The van der Waals surface area contributed by atoms with Crippen LogP contribution >= 0.6 is 22.9 Å². The van der Waals surface area contributed by atoms with Crippen molar-refractivity contribution in [2.24, 2.45) is 0 Å². The van der Waals surface area contributed by atoms with Crippen LogP contribution in [0.2, 0.25) is 4.34 Å². The molecule has 126 valence electrons. The quantitative estimate of drug-likeness (QED) is 0.738. The molecule has 0 spiro atoms. The zero-order chi connectivity index (χ0) is 17.4. The standard InChI is InChI=1S/C9H10FNO2.C6H3ClN2OS/c10-8-3-1-7(2-4-8)9(13)11-5-6-12;7-5-1-4(2-11-5)6-8-3-10-9-6/h1-4,12H,5-6H2,(H,11,13);1-3H. The van der Waals surface area contributed by atoms with Crippen molar-refractivity contribution in [1.82, 2.24) is 15.5 Å². The van der Waals surface area contributed by atoms with E-state index in [0.717, 1.165) is 9.90 Å². The van der Waals surface area contributed by atoms with Crippen molar-refractivity contribution in [1.29, 1.82) is 0 Å². The van der Waals surface area contributed by atoms with Gasteiger partial charge < -0.3 is 14.9 Å². The number of nitrogens with zero attached hydrogens (tertiary/aromatic N) is 2. The molecule has 0 bridgehead atoms. The summed E-state index contributed by atoms with van der Waals surface area (Å²) < 4.78 is 17.7. The smallest absolute Gasteiger partial charge is 0.251 e. The molecule has 0 saturated carbocycles. The van der Waals surface area contributed by atoms with Crippen LogP contribution in [0.4, 0.5) is 4.39 Å². The Morgan fingerprint density at radius 2 is 2.12 bits per heavy atom. The van der Waals surface area contributed by atoms with Crippen molar-refractivity contribution in [3.05, 3.63) is 57.8 Å². The van der Waals surface area contributed by atoms with Gasteiger partial charge in [0.1, 0.15) is 5.82 Å². The molecule has 0 atom stereocenters. The summed E-state index contributed by atoms with van der Waals surface area (Å²) in [5.41, 5.74) is 1.28. The summed E-state index contributed by atoms with van der Waals surface area (Å²) in [5, 5.41) is 16.4. The van der Waals surface area contributed by atoms with E-state index in [1.54, 1.807) is 6.07 Å². The second-order valence-corrected chi connectivity index (χ2v) is 5.92. The topological polar surface area (TPSA) is 88.2 Å². The van der Waals surface area contributed by atoms with Gasteiger partial charge in [-0.25, -0.2) is 4.39 Å². The Kier molecular flexibility index (Phi) is 6.86. The molecule has 0 fully saturated rings. The number of rotatable bonds is 4. The van der Waals surface area contributed by atoms with Crippen molar-refractivity contribution >= 4 is 28.8 Å². The number of carbonyl (C=O) groups is 1. The van der Waals surface area contributed by atoms with E-state index in [1.165, 1.54) is 42.0 Å². The molecule has 2 N–H and O–H groups in total. The molecule has 2 heterocycles. The second kappa shape index (κ2) is 9.11. The maximum absolute atomic E-state index is 12.4. The van der Waals surface area contributed by atoms with Gasteiger partial charge in [0.05, 0.1) is 10.9 Å². The van der Waals surface area contributed by atoms with Crippen LogP contribution in [0.1, 0.15) is 10.4 Å². The van der Waals surface area contributed by atoms with Crippen molar-refractivity contribution < 1.29 is 18.8 Å². The highest BCUT2D eigenvalue weighted by Gasteiger charge is 2.04. The Morgan fingerprint density at radius 1 is 1.38 bits per heavy atom. The van der Waals surface area contributed by atoms with Gasteiger partial charge in [-0.3, -0.25) is 4.79 Å². The SMILES string of the molecule is Clc1cc(-c2ncon2)cs1.O=C(NCCO)c1ccc(F)cc1. The normalized spacial score (nSPS) is 9.96. The number of thiophene rings is 1. The zero-order valence-electron chi connectivity index (χ0n) is 12.3. The summed E-state index contributed by atoms with van der Waals surface area (Å²) in [7, 11) is 0. The van der Waals surface area contributed by atoms with Gasteiger partial charge in [0.25, 0.3) is 5.91 Å². The van der Waals surface area contributed by atoms with Gasteiger partial charge in [0, 0.05) is 23.1 Å². The van der Waals surface area contributed by atoms with Gasteiger partial charge in [0.15, 0.2) is 0 Å². The molecule has 1 aromatic carbocycles. The van der Waals surface area contributed by atoms with E-state index in [0.29, 0.717) is 11.4 Å². The van der Waals surface area contributed by atoms with Crippen LogP contribution in [0, 0.1) is 5.82 Å². The van der Waals surface area contributed by atoms with Crippen LogP contribution < -0.4 is 5.32 Å². The lowest BCUT2D eigenvalue weighted by atomic mass is 10.2. The predicted octanol–water partition coefficient (Wildman–Crippen LogP) is 3.00. The third kappa shape index (κ3) is 5.41. The maximum Gasteiger partial charge on any atom is 0.251 e. The fourth-order valence-electron chi connectivity index (χ4n) is 1.60. The number of carbonyl (C=O) groups excluding carboxylic acids is 1. The number of hydrogen-bond acceptors (Lipinski definition) is 6. The zero-order valence-corrected chi connectivity index (χ0v) is 13.9. The molecule has 0 saturated heterocycles. The molecule has 3 aromatic rings. The van der Waals surface area contributed by atoms with Crippen LogP contribution in [0.15, 0.2) is 46.6 Å². The lowest BCUT2D eigenvalue weighted by Crippen LogP contribution is -2.26. The third-order valence-corrected chi connectivity index (χ3v) is 3.78. The highest BCUT2D eigenvalue weighted by Crippen LogP contribution is 2.25. The number of hydrogen-bond donors (Lipinski definition) is 2. The van der Waals surface area contributed by atoms with E-state index in [9.17, 15) is 9.18 Å². The molecule has 0 radical (unpaired) electrons. The summed E-state index contributed by atoms with van der Waals surface area (Å²) in [4.78, 5) is 15.0. The van der Waals surface area contributed by atoms with Crippen molar-refractivity contribution in [3.8, 4) is 11.4 Å². The second-order valence-electron chi connectivity index (χ2n) is 4.38. The lowest BCUT2D eigenvalue weighted by molar-refractivity contribution is 0.0944. The monoisotopic (exact) mass is 369 g/mol. The van der Waals surface area contributed by atoms with E-state index in [-0.39, 0.29) is 24.9 Å². The highest BCUT2D eigenvalue weighted by atomic mass is 35.5. The van der Waals surface area contributed by atoms with Gasteiger partial charge in [-0.2, -0.15) is 4.98 Å². The fraction of sp³-hybridized carbons (Fsp3) is 0.133. The summed E-state index contributed by atoms with van der Waals surface area (Å²) in [6, 6.07) is 7.02. The summed E-state index contributed by atoms with van der Waals surface area (Å²) in [5.74, 6) is -0.110. The first kappa shape index (κ1) is 18.1. The number of halogens is 2. The van der Waals surface area contributed by atoms with Crippen molar-refractivity contribution in [2.45, 2.75) is 0 Å². The first-order valence-electron chi connectivity index (χ1n) is 6.75. The number of amides is 1. The molecule has 0 unspecified atom stereocenters. The lowest BCUT2D eigenvalue weighted by Gasteiger charge is -2.01. The first-order chi connectivity index (χ1) is 11.6. The molecular formula is C15H13ClFN3O3S. The minimum absolute atomic E-state index is 0.104. The molecule has 2 aromatic heterocycles. The van der Waals surface area contributed by atoms with Gasteiger partial charge in [-0.05, 0) is 30.3 Å². The highest BCUT2D eigenvalue weighted by molar-refractivity contribution is 7.14. The van der Waals surface area contributed by atoms with Crippen LogP contribution in [-0.4, -0.2) is 34.3 Å². The van der Waals surface area contributed by atoms with Gasteiger partial charge >= 0.3 is 0 Å². The number of aromatic nitrogens is 2. The van der Waals surface area contributed by atoms with Crippen LogP contribution in [-0.2, 0) is 0 Å². The van der Waals surface area contributed by atoms with Crippen LogP contribution in [0.25, 0.3) is 11.4 Å². The Hall–Kier alpha value is -2.29. The largest absolute Gasteiger partial charge is 0.395 e. The third-order valence-electron chi connectivity index (χ3n) is 2.69. The van der Waals surface area contributed by atoms with E-state index in [4.69, 9.17) is 16.7 Å². The Morgan fingerprint density at radius 3 is 2.67 bits per heavy atom. The molecule has 1 amide bonds. The number of nitrogens with one attached hydrogen (secondary N) is 1. The first-order valence-corrected chi connectivity index (χ1v) is 8.01. The Labute approximate surface area is 145 Å². The van der Waals surface area contributed by atoms with Crippen LogP contribution in [0.3, 0.4) is 0 Å². The molecule has 24 heavy (non-hydrogen) atoms. The molecule has 6 nitrogen and oxygen atoms in total. The molecule has 0 aliphatic carbocycles. The molecular weight excluding hydrogens is 357 g/mol. The number of benzene rings is 1. The number of aliphatic hydroxyl groups excluding tert-OH is 1. The minimum atomic E-state index is -0.376. The van der Waals surface area contributed by atoms with Crippen LogP contribution in [0.5, 0.6) is 0 Å². The van der Waals surface area contributed by atoms with Gasteiger partial charge in [-0.15, -0.1) is 11.3 Å². The van der Waals surface area contributed by atoms with Crippen molar-refractivity contribution in [3.63, 3.8) is 0 Å². The van der Waals surface area contributed by atoms with E-state index in [1.807, 2.05) is 5.38 Å². The predicted molar refractivity (Wildman–Crippen MR) is 88.4 cm³/mol. The van der Waals surface area contributed by atoms with Crippen molar-refractivity contribution in [2.75, 3.05) is 13.2 Å². The molecule has 0 aliphatic heterocycles. The molecule has 3 rings (SSSR count). The summed E-state index contributed by atoms with van der Waals surface area (Å²) in [6.07, 6.45) is 1.29. The van der Waals surface area contributed by atoms with E-state index in [2.05, 4.69) is 20.0 Å². The summed E-state index contributed by atoms with van der Waals surface area (Å²) >= 11 is 7.16. The van der Waals surface area contributed by atoms with E-state index >= 15 is 0 Å². The molecule has 9 heteroatoms. The Bertz CT molecular complexity index is 763. The minimum Gasteiger partial charge on any atom is -0.395 e. The maximum atomic E-state index is 12.4. The average Bonchev–Trinajstić information content (AvgIpc) is 3.25. The summed E-state index contributed by atoms with van der Waals surface area (Å²) in [6.45, 7) is 0.100. The number of aliphatic hydroxyl groups is 1. The fourth-order valence-corrected chi connectivity index (χ4v) is 2.46. The molecule has 0 aliphatic rings.